The number of nitrogens with zero attached hydrogens (tertiary/aromatic N) is 1. The Kier molecular flexibility index (Phi) is 23.8. The van der Waals surface area contributed by atoms with Crippen LogP contribution in [-0.4, -0.2) is 54.4 Å². The van der Waals surface area contributed by atoms with Crippen molar-refractivity contribution in [3.63, 3.8) is 0 Å². The Balaban J connectivity index is 0. The Labute approximate surface area is 186 Å². The average molecular weight is 469 g/mol. The highest BCUT2D eigenvalue weighted by atomic mass is 79.9. The van der Waals surface area contributed by atoms with E-state index in [9.17, 15) is 0 Å². The fraction of sp³-hybridized carbons (Fsp3) is 1.00. The molecule has 0 heterocycles. The van der Waals surface area contributed by atoms with Crippen molar-refractivity contribution >= 4 is 11.8 Å². The molecule has 0 bridgehead atoms. The van der Waals surface area contributed by atoms with E-state index < -0.39 is 0 Å². The fourth-order valence-corrected chi connectivity index (χ4v) is 4.97. The predicted molar refractivity (Wildman–Crippen MR) is 121 cm³/mol. The zero-order chi connectivity index (χ0) is 19.5. The molecule has 1 atom stereocenters. The standard InChI is InChI=1S/C23H50NOS.BrH/c1-5-6-7-8-9-10-11-12-13-14-15-16-17-18-21-26-23(2)22-24(3,4)19-20-25;/h23,25H,5-22H2,1-4H3;1H/q+1;/p-1. The third-order valence-electron chi connectivity index (χ3n) is 5.36. The van der Waals surface area contributed by atoms with Crippen molar-refractivity contribution in [2.75, 3.05) is 39.5 Å². The molecule has 2 nitrogen and oxygen atoms in total. The van der Waals surface area contributed by atoms with Gasteiger partial charge in [-0.05, 0) is 19.1 Å². The van der Waals surface area contributed by atoms with Crippen molar-refractivity contribution in [2.24, 2.45) is 0 Å². The fourth-order valence-electron chi connectivity index (χ4n) is 3.69. The summed E-state index contributed by atoms with van der Waals surface area (Å²) in [6, 6.07) is 0. The minimum absolute atomic E-state index is 0. The van der Waals surface area contributed by atoms with E-state index in [4.69, 9.17) is 5.11 Å². The molecule has 166 valence electrons. The smallest absolute Gasteiger partial charge is 0.102 e. The molecule has 0 saturated heterocycles. The van der Waals surface area contributed by atoms with Crippen LogP contribution in [0.25, 0.3) is 0 Å². The summed E-state index contributed by atoms with van der Waals surface area (Å²) in [4.78, 5) is 0. The van der Waals surface area contributed by atoms with Gasteiger partial charge in [0.2, 0.25) is 0 Å². The molecule has 1 unspecified atom stereocenters. The first-order valence-electron chi connectivity index (χ1n) is 11.6. The van der Waals surface area contributed by atoms with Crippen LogP contribution in [0.4, 0.5) is 0 Å². The normalized spacial score (nSPS) is 12.8. The van der Waals surface area contributed by atoms with Crippen molar-refractivity contribution in [2.45, 2.75) is 109 Å². The quantitative estimate of drug-likeness (QED) is 0.217. The molecule has 0 aliphatic rings. The molecule has 0 radical (unpaired) electrons. The maximum atomic E-state index is 9.11. The van der Waals surface area contributed by atoms with E-state index >= 15 is 0 Å². The second kappa shape index (κ2) is 21.5. The minimum atomic E-state index is 0. The Bertz CT molecular complexity index is 290. The van der Waals surface area contributed by atoms with Gasteiger partial charge in [0.05, 0.1) is 32.5 Å². The Morgan fingerprint density at radius 2 is 1.15 bits per heavy atom. The number of likely N-dealkylation sites (N-methyl/N-ethyl adjacent to an activating group) is 1. The van der Waals surface area contributed by atoms with Gasteiger partial charge in [-0.25, -0.2) is 0 Å². The molecule has 0 aromatic carbocycles. The maximum Gasteiger partial charge on any atom is 0.102 e. The van der Waals surface area contributed by atoms with E-state index in [-0.39, 0.29) is 17.0 Å². The first kappa shape index (κ1) is 29.9. The van der Waals surface area contributed by atoms with Gasteiger partial charge in [0, 0.05) is 0 Å². The molecule has 0 rings (SSSR count). The molecule has 0 aromatic rings. The highest BCUT2D eigenvalue weighted by molar-refractivity contribution is 7.99. The highest BCUT2D eigenvalue weighted by Crippen LogP contribution is 2.18. The van der Waals surface area contributed by atoms with Crippen molar-refractivity contribution in [3.8, 4) is 0 Å². The molecule has 4 heteroatoms. The summed E-state index contributed by atoms with van der Waals surface area (Å²) < 4.78 is 0.934. The zero-order valence-electron chi connectivity index (χ0n) is 19.0. The second-order valence-corrected chi connectivity index (χ2v) is 10.4. The van der Waals surface area contributed by atoms with Gasteiger partial charge in [-0.15, -0.1) is 0 Å². The summed E-state index contributed by atoms with van der Waals surface area (Å²) in [5.74, 6) is 1.30. The third-order valence-corrected chi connectivity index (χ3v) is 6.60. The summed E-state index contributed by atoms with van der Waals surface area (Å²) in [6.45, 7) is 6.95. The monoisotopic (exact) mass is 467 g/mol. The topological polar surface area (TPSA) is 20.2 Å². The van der Waals surface area contributed by atoms with Crippen molar-refractivity contribution in [1.29, 1.82) is 0 Å². The lowest BCUT2D eigenvalue weighted by Gasteiger charge is -2.31. The van der Waals surface area contributed by atoms with Gasteiger partial charge in [0.25, 0.3) is 0 Å². The number of rotatable bonds is 20. The summed E-state index contributed by atoms with van der Waals surface area (Å²) in [5.41, 5.74) is 0. The average Bonchev–Trinajstić information content (AvgIpc) is 2.57. The molecule has 1 N–H and O–H groups in total. The third kappa shape index (κ3) is 22.9. The van der Waals surface area contributed by atoms with Crippen LogP contribution in [0.5, 0.6) is 0 Å². The second-order valence-electron chi connectivity index (χ2n) is 8.84. The molecule has 0 aromatic heterocycles. The summed E-state index contributed by atoms with van der Waals surface area (Å²) in [7, 11) is 4.44. The number of hydrogen-bond acceptors (Lipinski definition) is 2. The van der Waals surface area contributed by atoms with Gasteiger partial charge in [0.15, 0.2) is 0 Å². The molecule has 27 heavy (non-hydrogen) atoms. The van der Waals surface area contributed by atoms with Gasteiger partial charge in [-0.3, -0.25) is 0 Å². The number of quaternary nitrogens is 1. The molecular formula is C23H50BrNOS. The van der Waals surface area contributed by atoms with E-state index in [1.165, 1.54) is 95.6 Å². The van der Waals surface area contributed by atoms with E-state index in [1.807, 2.05) is 0 Å². The van der Waals surface area contributed by atoms with Crippen LogP contribution in [0, 0.1) is 0 Å². The summed E-state index contributed by atoms with van der Waals surface area (Å²) in [5, 5.41) is 9.80. The maximum absolute atomic E-state index is 9.11. The van der Waals surface area contributed by atoms with E-state index in [0.29, 0.717) is 11.9 Å². The first-order valence-corrected chi connectivity index (χ1v) is 12.6. The van der Waals surface area contributed by atoms with Crippen LogP contribution < -0.4 is 17.0 Å². The van der Waals surface area contributed by atoms with Gasteiger partial charge >= 0.3 is 0 Å². The number of aliphatic hydroxyl groups excluding tert-OH is 1. The van der Waals surface area contributed by atoms with Crippen LogP contribution in [-0.2, 0) is 0 Å². The number of unbranched alkanes of at least 4 members (excludes halogenated alkanes) is 13. The molecular weight excluding hydrogens is 418 g/mol. The Morgan fingerprint density at radius 1 is 0.741 bits per heavy atom. The van der Waals surface area contributed by atoms with Crippen LogP contribution >= 0.6 is 11.8 Å². The summed E-state index contributed by atoms with van der Waals surface area (Å²) in [6.07, 6.45) is 20.1. The Morgan fingerprint density at radius 3 is 1.56 bits per heavy atom. The molecule has 0 aliphatic heterocycles. The van der Waals surface area contributed by atoms with E-state index in [0.717, 1.165) is 17.6 Å². The van der Waals surface area contributed by atoms with E-state index in [1.54, 1.807) is 0 Å². The first-order chi connectivity index (χ1) is 12.5. The molecule has 0 amide bonds. The van der Waals surface area contributed by atoms with E-state index in [2.05, 4.69) is 39.7 Å². The van der Waals surface area contributed by atoms with Crippen LogP contribution in [0.2, 0.25) is 0 Å². The lowest BCUT2D eigenvalue weighted by molar-refractivity contribution is -0.889. The van der Waals surface area contributed by atoms with Gasteiger partial charge in [-0.1, -0.05) is 90.4 Å². The van der Waals surface area contributed by atoms with Gasteiger partial charge < -0.3 is 26.6 Å². The van der Waals surface area contributed by atoms with Crippen molar-refractivity contribution < 1.29 is 26.6 Å². The zero-order valence-corrected chi connectivity index (χ0v) is 21.4. The SMILES string of the molecule is CCCCCCCCCCCCCCCCSC(C)C[N+](C)(C)CCO.[Br-]. The minimum Gasteiger partial charge on any atom is -1.00 e. The lowest BCUT2D eigenvalue weighted by Crippen LogP contribution is -3.00. The molecule has 0 saturated carbocycles. The van der Waals surface area contributed by atoms with Gasteiger partial charge in [0.1, 0.15) is 6.54 Å². The predicted octanol–water partition coefficient (Wildman–Crippen LogP) is 3.66. The van der Waals surface area contributed by atoms with Crippen LogP contribution in [0.1, 0.15) is 104 Å². The van der Waals surface area contributed by atoms with Crippen LogP contribution in [0.15, 0.2) is 0 Å². The molecule has 0 aliphatic carbocycles. The van der Waals surface area contributed by atoms with Gasteiger partial charge in [-0.2, -0.15) is 11.8 Å². The molecule has 0 fully saturated rings. The number of hydrogen-bond donors (Lipinski definition) is 1. The number of thioether (sulfide) groups is 1. The highest BCUT2D eigenvalue weighted by Gasteiger charge is 2.18. The van der Waals surface area contributed by atoms with Crippen molar-refractivity contribution in [3.05, 3.63) is 0 Å². The molecule has 0 spiro atoms. The van der Waals surface area contributed by atoms with Crippen molar-refractivity contribution in [1.82, 2.24) is 0 Å². The number of aliphatic hydroxyl groups is 1. The van der Waals surface area contributed by atoms with Crippen LogP contribution in [0.3, 0.4) is 0 Å². The largest absolute Gasteiger partial charge is 1.00 e. The number of halogens is 1. The summed E-state index contributed by atoms with van der Waals surface area (Å²) >= 11 is 2.12. The lowest BCUT2D eigenvalue weighted by atomic mass is 10.0. The Hall–Kier alpha value is 0.750.